The van der Waals surface area contributed by atoms with E-state index < -0.39 is 5.97 Å². The van der Waals surface area contributed by atoms with Crippen LogP contribution < -0.4 is 0 Å². The summed E-state index contributed by atoms with van der Waals surface area (Å²) >= 11 is 0. The zero-order valence-corrected chi connectivity index (χ0v) is 11.3. The molecule has 0 aromatic carbocycles. The number of allylic oxidation sites excluding steroid dienone is 2. The highest BCUT2D eigenvalue weighted by Crippen LogP contribution is 2.08. The third kappa shape index (κ3) is 15.2. The Morgan fingerprint density at radius 1 is 0.882 bits per heavy atom. The van der Waals surface area contributed by atoms with Crippen LogP contribution in [0.1, 0.15) is 77.6 Å². The van der Waals surface area contributed by atoms with Crippen LogP contribution in [0, 0.1) is 0 Å². The minimum absolute atomic E-state index is 0.311. The molecular weight excluding hydrogens is 212 g/mol. The van der Waals surface area contributed by atoms with Crippen molar-refractivity contribution in [1.82, 2.24) is 0 Å². The predicted octanol–water partition coefficient (Wildman–Crippen LogP) is 4.94. The van der Waals surface area contributed by atoms with E-state index in [9.17, 15) is 4.79 Å². The third-order valence-corrected chi connectivity index (χ3v) is 2.90. The molecule has 0 atom stereocenters. The van der Waals surface area contributed by atoms with E-state index in [0.29, 0.717) is 6.42 Å². The van der Waals surface area contributed by atoms with Crippen LogP contribution in [0.2, 0.25) is 0 Å². The number of carboxylic acid groups (broad SMARTS) is 1. The molecule has 0 radical (unpaired) electrons. The summed E-state index contributed by atoms with van der Waals surface area (Å²) in [5.74, 6) is -0.680. The summed E-state index contributed by atoms with van der Waals surface area (Å²) in [5.41, 5.74) is 0. The molecule has 0 aliphatic carbocycles. The SMILES string of the molecule is CCCCCCCC/C=C/CCCCC(=O)O. The van der Waals surface area contributed by atoms with Crippen LogP contribution in [-0.4, -0.2) is 11.1 Å². The highest BCUT2D eigenvalue weighted by molar-refractivity contribution is 5.66. The molecule has 0 aromatic heterocycles. The molecule has 0 aliphatic heterocycles. The lowest BCUT2D eigenvalue weighted by molar-refractivity contribution is -0.137. The third-order valence-electron chi connectivity index (χ3n) is 2.90. The second-order valence-electron chi connectivity index (χ2n) is 4.67. The molecule has 0 fully saturated rings. The van der Waals surface area contributed by atoms with Gasteiger partial charge in [0.1, 0.15) is 0 Å². The van der Waals surface area contributed by atoms with Crippen molar-refractivity contribution in [3.63, 3.8) is 0 Å². The van der Waals surface area contributed by atoms with Crippen LogP contribution >= 0.6 is 0 Å². The number of unbranched alkanes of at least 4 members (excludes halogenated alkanes) is 8. The zero-order chi connectivity index (χ0) is 12.8. The second-order valence-corrected chi connectivity index (χ2v) is 4.67. The summed E-state index contributed by atoms with van der Waals surface area (Å²) in [7, 11) is 0. The van der Waals surface area contributed by atoms with Gasteiger partial charge in [0, 0.05) is 6.42 Å². The lowest BCUT2D eigenvalue weighted by Gasteiger charge is -1.97. The fourth-order valence-corrected chi connectivity index (χ4v) is 1.82. The van der Waals surface area contributed by atoms with Gasteiger partial charge >= 0.3 is 5.97 Å². The van der Waals surface area contributed by atoms with E-state index in [2.05, 4.69) is 19.1 Å². The lowest BCUT2D eigenvalue weighted by Crippen LogP contribution is -1.92. The summed E-state index contributed by atoms with van der Waals surface area (Å²) in [4.78, 5) is 10.3. The summed E-state index contributed by atoms with van der Waals surface area (Å²) in [6.45, 7) is 2.24. The second kappa shape index (κ2) is 13.3. The van der Waals surface area contributed by atoms with Gasteiger partial charge in [-0.3, -0.25) is 4.79 Å². The number of aliphatic carboxylic acids is 1. The van der Waals surface area contributed by atoms with Crippen molar-refractivity contribution in [2.75, 3.05) is 0 Å². The molecule has 0 aliphatic rings. The fourth-order valence-electron chi connectivity index (χ4n) is 1.82. The molecule has 17 heavy (non-hydrogen) atoms. The fraction of sp³-hybridized carbons (Fsp3) is 0.800. The van der Waals surface area contributed by atoms with Gasteiger partial charge in [-0.1, -0.05) is 51.2 Å². The molecule has 100 valence electrons. The average molecular weight is 240 g/mol. The van der Waals surface area contributed by atoms with E-state index in [4.69, 9.17) is 5.11 Å². The summed E-state index contributed by atoms with van der Waals surface area (Å²) in [6.07, 6.45) is 16.9. The van der Waals surface area contributed by atoms with Gasteiger partial charge in [-0.15, -0.1) is 0 Å². The predicted molar refractivity (Wildman–Crippen MR) is 73.2 cm³/mol. The van der Waals surface area contributed by atoms with Crippen molar-refractivity contribution in [3.05, 3.63) is 12.2 Å². The molecule has 0 spiro atoms. The normalized spacial score (nSPS) is 11.1. The Hall–Kier alpha value is -0.790. The van der Waals surface area contributed by atoms with E-state index >= 15 is 0 Å². The van der Waals surface area contributed by atoms with Gasteiger partial charge in [-0.25, -0.2) is 0 Å². The number of rotatable bonds is 12. The van der Waals surface area contributed by atoms with E-state index in [-0.39, 0.29) is 0 Å². The molecule has 0 amide bonds. The molecular formula is C15H28O2. The molecule has 0 saturated carbocycles. The molecule has 2 heteroatoms. The van der Waals surface area contributed by atoms with E-state index in [1.807, 2.05) is 0 Å². The maximum absolute atomic E-state index is 10.3. The molecule has 0 unspecified atom stereocenters. The number of carbonyl (C=O) groups is 1. The highest BCUT2D eigenvalue weighted by atomic mass is 16.4. The smallest absolute Gasteiger partial charge is 0.303 e. The van der Waals surface area contributed by atoms with Crippen LogP contribution in [0.3, 0.4) is 0 Å². The molecule has 0 saturated heterocycles. The van der Waals surface area contributed by atoms with Gasteiger partial charge in [0.2, 0.25) is 0 Å². The van der Waals surface area contributed by atoms with E-state index in [0.717, 1.165) is 19.3 Å². The first-order valence-corrected chi connectivity index (χ1v) is 7.14. The summed E-state index contributed by atoms with van der Waals surface area (Å²) < 4.78 is 0. The molecule has 0 rings (SSSR count). The van der Waals surface area contributed by atoms with Crippen LogP contribution in [0.25, 0.3) is 0 Å². The number of hydrogen-bond donors (Lipinski definition) is 1. The standard InChI is InChI=1S/C15H28O2/c1-2-3-4-5-6-7-8-9-10-11-12-13-14-15(16)17/h9-10H,2-8,11-14H2,1H3,(H,16,17)/b10-9+. The summed E-state index contributed by atoms with van der Waals surface area (Å²) in [5, 5.41) is 8.46. The van der Waals surface area contributed by atoms with Crippen molar-refractivity contribution < 1.29 is 9.90 Å². The van der Waals surface area contributed by atoms with Crippen LogP contribution in [0.15, 0.2) is 12.2 Å². The van der Waals surface area contributed by atoms with Crippen molar-refractivity contribution >= 4 is 5.97 Å². The van der Waals surface area contributed by atoms with Crippen molar-refractivity contribution in [3.8, 4) is 0 Å². The molecule has 0 aromatic rings. The van der Waals surface area contributed by atoms with Gasteiger partial charge in [0.15, 0.2) is 0 Å². The Morgan fingerprint density at radius 3 is 2.00 bits per heavy atom. The van der Waals surface area contributed by atoms with E-state index in [1.54, 1.807) is 0 Å². The van der Waals surface area contributed by atoms with Gasteiger partial charge in [0.05, 0.1) is 0 Å². The monoisotopic (exact) mass is 240 g/mol. The lowest BCUT2D eigenvalue weighted by atomic mass is 10.1. The zero-order valence-electron chi connectivity index (χ0n) is 11.3. The number of hydrogen-bond acceptors (Lipinski definition) is 1. The topological polar surface area (TPSA) is 37.3 Å². The van der Waals surface area contributed by atoms with Gasteiger partial charge in [-0.05, 0) is 32.1 Å². The first-order valence-electron chi connectivity index (χ1n) is 7.14. The molecule has 0 heterocycles. The first-order chi connectivity index (χ1) is 8.27. The van der Waals surface area contributed by atoms with Crippen LogP contribution in [-0.2, 0) is 4.79 Å². The summed E-state index contributed by atoms with van der Waals surface area (Å²) in [6, 6.07) is 0. The Bertz CT molecular complexity index is 197. The van der Waals surface area contributed by atoms with Gasteiger partial charge in [0.25, 0.3) is 0 Å². The van der Waals surface area contributed by atoms with E-state index in [1.165, 1.54) is 44.9 Å². The molecule has 0 bridgehead atoms. The Kier molecular flexibility index (Phi) is 12.7. The van der Waals surface area contributed by atoms with Crippen molar-refractivity contribution in [2.45, 2.75) is 77.6 Å². The van der Waals surface area contributed by atoms with Gasteiger partial charge in [-0.2, -0.15) is 0 Å². The average Bonchev–Trinajstić information content (AvgIpc) is 2.30. The minimum Gasteiger partial charge on any atom is -0.481 e. The highest BCUT2D eigenvalue weighted by Gasteiger charge is 1.94. The van der Waals surface area contributed by atoms with Gasteiger partial charge < -0.3 is 5.11 Å². The Morgan fingerprint density at radius 2 is 1.41 bits per heavy atom. The number of carboxylic acids is 1. The maximum Gasteiger partial charge on any atom is 0.303 e. The molecule has 2 nitrogen and oxygen atoms in total. The minimum atomic E-state index is -0.680. The van der Waals surface area contributed by atoms with Crippen LogP contribution in [0.5, 0.6) is 0 Å². The van der Waals surface area contributed by atoms with Crippen LogP contribution in [0.4, 0.5) is 0 Å². The van der Waals surface area contributed by atoms with Crippen molar-refractivity contribution in [1.29, 1.82) is 0 Å². The largest absolute Gasteiger partial charge is 0.481 e. The Labute approximate surface area is 106 Å². The van der Waals surface area contributed by atoms with Crippen molar-refractivity contribution in [2.24, 2.45) is 0 Å². The first kappa shape index (κ1) is 16.2. The maximum atomic E-state index is 10.3. The molecule has 1 N–H and O–H groups in total. The quantitative estimate of drug-likeness (QED) is 0.387. The Balaban J connectivity index is 3.07.